The number of nitrogens with one attached hydrogen (secondary N) is 2. The third kappa shape index (κ3) is 3.35. The van der Waals surface area contributed by atoms with Crippen LogP contribution in [0.4, 0.5) is 0 Å². The molecule has 0 aromatic carbocycles. The zero-order valence-corrected chi connectivity index (χ0v) is 14.4. The second-order valence-electron chi connectivity index (χ2n) is 5.26. The van der Waals surface area contributed by atoms with Crippen LogP contribution in [-0.2, 0) is 9.47 Å². The minimum Gasteiger partial charge on any atom is -0.465 e. The number of ketones is 1. The van der Waals surface area contributed by atoms with Crippen molar-refractivity contribution in [1.29, 1.82) is 0 Å². The van der Waals surface area contributed by atoms with Gasteiger partial charge in [-0.25, -0.2) is 9.59 Å². The standard InChI is InChI=1S/C16H17ClN2O5/c1-7-12(16(22)23-4)8(2)19-13(7)14(20)9(3)24-15(21)11-5-10(17)6-18-11/h5-6,9,18-19H,1-4H3. The number of H-pyrrole nitrogens is 2. The van der Waals surface area contributed by atoms with Crippen molar-refractivity contribution in [2.24, 2.45) is 0 Å². The molecule has 0 saturated carbocycles. The molecule has 2 N–H and O–H groups in total. The van der Waals surface area contributed by atoms with E-state index in [0.29, 0.717) is 21.8 Å². The summed E-state index contributed by atoms with van der Waals surface area (Å²) in [5, 5.41) is 0.361. The Labute approximate surface area is 143 Å². The Kier molecular flexibility index (Phi) is 5.14. The number of esters is 2. The first-order chi connectivity index (χ1) is 11.3. The van der Waals surface area contributed by atoms with Gasteiger partial charge >= 0.3 is 11.9 Å². The van der Waals surface area contributed by atoms with Crippen molar-refractivity contribution >= 4 is 29.3 Å². The summed E-state index contributed by atoms with van der Waals surface area (Å²) in [6.45, 7) is 4.74. The van der Waals surface area contributed by atoms with Crippen LogP contribution < -0.4 is 0 Å². The molecule has 0 radical (unpaired) electrons. The SMILES string of the molecule is COC(=O)c1c(C)[nH]c(C(=O)C(C)OC(=O)c2cc(Cl)c[nH]2)c1C. The van der Waals surface area contributed by atoms with E-state index in [9.17, 15) is 14.4 Å². The molecule has 2 aromatic heterocycles. The number of rotatable bonds is 5. The number of aromatic nitrogens is 2. The summed E-state index contributed by atoms with van der Waals surface area (Å²) < 4.78 is 9.85. The summed E-state index contributed by atoms with van der Waals surface area (Å²) in [6.07, 6.45) is 0.396. The van der Waals surface area contributed by atoms with Crippen molar-refractivity contribution in [2.45, 2.75) is 26.9 Å². The first-order valence-corrected chi connectivity index (χ1v) is 7.50. The van der Waals surface area contributed by atoms with E-state index in [1.807, 2.05) is 0 Å². The molecule has 24 heavy (non-hydrogen) atoms. The first-order valence-electron chi connectivity index (χ1n) is 7.12. The summed E-state index contributed by atoms with van der Waals surface area (Å²) in [7, 11) is 1.27. The van der Waals surface area contributed by atoms with Crippen molar-refractivity contribution in [1.82, 2.24) is 9.97 Å². The van der Waals surface area contributed by atoms with E-state index >= 15 is 0 Å². The lowest BCUT2D eigenvalue weighted by atomic mass is 10.1. The fourth-order valence-electron chi connectivity index (χ4n) is 2.37. The van der Waals surface area contributed by atoms with Gasteiger partial charge in [0.2, 0.25) is 5.78 Å². The number of ether oxygens (including phenoxy) is 2. The Hall–Kier alpha value is -2.54. The van der Waals surface area contributed by atoms with E-state index in [2.05, 4.69) is 9.97 Å². The van der Waals surface area contributed by atoms with Crippen molar-refractivity contribution in [3.8, 4) is 0 Å². The molecule has 0 aliphatic carbocycles. The quantitative estimate of drug-likeness (QED) is 0.636. The average molecular weight is 353 g/mol. The first kappa shape index (κ1) is 17.8. The number of methoxy groups -OCH3 is 1. The van der Waals surface area contributed by atoms with E-state index in [1.54, 1.807) is 13.8 Å². The maximum absolute atomic E-state index is 12.5. The van der Waals surface area contributed by atoms with Gasteiger partial charge in [-0.2, -0.15) is 0 Å². The lowest BCUT2D eigenvalue weighted by Gasteiger charge is -2.11. The molecule has 2 heterocycles. The molecule has 2 rings (SSSR count). The number of Topliss-reactive ketones (excluding diaryl/α,β-unsaturated/α-hetero) is 1. The fourth-order valence-corrected chi connectivity index (χ4v) is 2.53. The molecule has 0 amide bonds. The number of aryl methyl sites for hydroxylation is 1. The maximum Gasteiger partial charge on any atom is 0.355 e. The molecule has 0 bridgehead atoms. The van der Waals surface area contributed by atoms with Gasteiger partial charge in [-0.05, 0) is 32.4 Å². The third-order valence-electron chi connectivity index (χ3n) is 3.59. The van der Waals surface area contributed by atoms with Gasteiger partial charge in [0, 0.05) is 11.9 Å². The highest BCUT2D eigenvalue weighted by molar-refractivity contribution is 6.30. The van der Waals surface area contributed by atoms with Gasteiger partial charge in [0.15, 0.2) is 6.10 Å². The molecule has 7 nitrogen and oxygen atoms in total. The fraction of sp³-hybridized carbons (Fsp3) is 0.312. The van der Waals surface area contributed by atoms with Crippen LogP contribution in [0.1, 0.15) is 49.5 Å². The summed E-state index contributed by atoms with van der Waals surface area (Å²) in [6, 6.07) is 1.40. The Morgan fingerprint density at radius 3 is 2.42 bits per heavy atom. The summed E-state index contributed by atoms with van der Waals surface area (Å²) >= 11 is 5.73. The van der Waals surface area contributed by atoms with Crippen LogP contribution in [-0.4, -0.2) is 40.9 Å². The van der Waals surface area contributed by atoms with E-state index in [1.165, 1.54) is 26.3 Å². The van der Waals surface area contributed by atoms with Crippen LogP contribution in [0, 0.1) is 13.8 Å². The Bertz CT molecular complexity index is 805. The summed E-state index contributed by atoms with van der Waals surface area (Å²) in [5.41, 5.74) is 1.62. The second-order valence-corrected chi connectivity index (χ2v) is 5.70. The van der Waals surface area contributed by atoms with Crippen molar-refractivity contribution < 1.29 is 23.9 Å². The van der Waals surface area contributed by atoms with Gasteiger partial charge in [0.1, 0.15) is 5.69 Å². The molecular formula is C16H17ClN2O5. The number of hydrogen-bond donors (Lipinski definition) is 2. The number of carbonyl (C=O) groups is 3. The smallest absolute Gasteiger partial charge is 0.355 e. The lowest BCUT2D eigenvalue weighted by molar-refractivity contribution is 0.0311. The second kappa shape index (κ2) is 6.92. The van der Waals surface area contributed by atoms with Gasteiger partial charge in [0.05, 0.1) is 23.4 Å². The average Bonchev–Trinajstić information content (AvgIpc) is 3.09. The molecule has 1 unspecified atom stereocenters. The minimum absolute atomic E-state index is 0.147. The third-order valence-corrected chi connectivity index (χ3v) is 3.81. The number of halogens is 1. The minimum atomic E-state index is -1.04. The molecule has 8 heteroatoms. The molecule has 128 valence electrons. The van der Waals surface area contributed by atoms with Crippen molar-refractivity contribution in [3.05, 3.63) is 45.5 Å². The lowest BCUT2D eigenvalue weighted by Crippen LogP contribution is -2.25. The Morgan fingerprint density at radius 1 is 1.21 bits per heavy atom. The monoisotopic (exact) mass is 352 g/mol. The highest BCUT2D eigenvalue weighted by atomic mass is 35.5. The molecular weight excluding hydrogens is 336 g/mol. The Balaban J connectivity index is 2.19. The van der Waals surface area contributed by atoms with E-state index in [4.69, 9.17) is 21.1 Å². The predicted octanol–water partition coefficient (Wildman–Crippen LogP) is 2.83. The van der Waals surface area contributed by atoms with Crippen molar-refractivity contribution in [2.75, 3.05) is 7.11 Å². The van der Waals surface area contributed by atoms with Gasteiger partial charge in [-0.3, -0.25) is 4.79 Å². The number of carbonyl (C=O) groups excluding carboxylic acids is 3. The van der Waals surface area contributed by atoms with Gasteiger partial charge in [0.25, 0.3) is 0 Å². The molecule has 0 saturated heterocycles. The predicted molar refractivity (Wildman–Crippen MR) is 86.6 cm³/mol. The molecule has 0 fully saturated rings. The van der Waals surface area contributed by atoms with Crippen LogP contribution in [0.5, 0.6) is 0 Å². The van der Waals surface area contributed by atoms with Crippen molar-refractivity contribution in [3.63, 3.8) is 0 Å². The number of hydrogen-bond acceptors (Lipinski definition) is 5. The van der Waals surface area contributed by atoms with Gasteiger partial charge < -0.3 is 19.4 Å². The zero-order chi connectivity index (χ0) is 18.0. The summed E-state index contributed by atoms with van der Waals surface area (Å²) in [5.74, 6) is -1.68. The zero-order valence-electron chi connectivity index (χ0n) is 13.7. The van der Waals surface area contributed by atoms with E-state index in [0.717, 1.165) is 0 Å². The molecule has 0 spiro atoms. The largest absolute Gasteiger partial charge is 0.465 e. The highest BCUT2D eigenvalue weighted by Gasteiger charge is 2.27. The molecule has 1 atom stereocenters. The topological polar surface area (TPSA) is 101 Å². The van der Waals surface area contributed by atoms with E-state index < -0.39 is 23.8 Å². The summed E-state index contributed by atoms with van der Waals surface area (Å²) in [4.78, 5) is 41.8. The number of aromatic amines is 2. The van der Waals surface area contributed by atoms with Crippen LogP contribution in [0.25, 0.3) is 0 Å². The van der Waals surface area contributed by atoms with Crippen LogP contribution in [0.3, 0.4) is 0 Å². The van der Waals surface area contributed by atoms with E-state index in [-0.39, 0.29) is 11.4 Å². The molecule has 0 aliphatic rings. The molecule has 2 aromatic rings. The van der Waals surface area contributed by atoms with Crippen LogP contribution in [0.2, 0.25) is 5.02 Å². The molecule has 0 aliphatic heterocycles. The van der Waals surface area contributed by atoms with Gasteiger partial charge in [-0.1, -0.05) is 11.6 Å². The van der Waals surface area contributed by atoms with Crippen LogP contribution in [0.15, 0.2) is 12.3 Å². The van der Waals surface area contributed by atoms with Crippen LogP contribution >= 0.6 is 11.6 Å². The highest BCUT2D eigenvalue weighted by Crippen LogP contribution is 2.21. The normalized spacial score (nSPS) is 11.9. The Morgan fingerprint density at radius 2 is 1.88 bits per heavy atom. The van der Waals surface area contributed by atoms with Gasteiger partial charge in [-0.15, -0.1) is 0 Å². The maximum atomic E-state index is 12.5.